The third-order valence-corrected chi connectivity index (χ3v) is 3.60. The summed E-state index contributed by atoms with van der Waals surface area (Å²) in [6.45, 7) is 0. The van der Waals surface area contributed by atoms with Crippen molar-refractivity contribution >= 4 is 27.4 Å². The standard InChI is InChI=1S/C12H15FN2O5S/c1-21(19,20)5-4-10(12(17)18)15-11(16)8-3-2-7(14)6-9(8)13/h2-3,6,10H,4-5,14H2,1H3,(H,15,16)(H,17,18). The molecule has 1 amide bonds. The molecule has 0 radical (unpaired) electrons. The van der Waals surface area contributed by atoms with Gasteiger partial charge in [-0.05, 0) is 24.6 Å². The summed E-state index contributed by atoms with van der Waals surface area (Å²) in [5.74, 6) is -3.65. The number of carboxylic acids is 1. The number of benzene rings is 1. The van der Waals surface area contributed by atoms with Gasteiger partial charge >= 0.3 is 5.97 Å². The summed E-state index contributed by atoms with van der Waals surface area (Å²) in [6.07, 6.45) is 0.643. The van der Waals surface area contributed by atoms with E-state index in [1.54, 1.807) is 0 Å². The van der Waals surface area contributed by atoms with Crippen LogP contribution in [0.4, 0.5) is 10.1 Å². The summed E-state index contributed by atoms with van der Waals surface area (Å²) in [7, 11) is -3.37. The van der Waals surface area contributed by atoms with Gasteiger partial charge in [-0.25, -0.2) is 17.6 Å². The molecule has 0 fully saturated rings. The number of anilines is 1. The van der Waals surface area contributed by atoms with Gasteiger partial charge in [0.15, 0.2) is 0 Å². The number of carboxylic acid groups (broad SMARTS) is 1. The van der Waals surface area contributed by atoms with E-state index in [0.717, 1.165) is 18.4 Å². The zero-order chi connectivity index (χ0) is 16.2. The Morgan fingerprint density at radius 2 is 2.05 bits per heavy atom. The first-order valence-electron chi connectivity index (χ1n) is 5.86. The number of nitrogen functional groups attached to an aromatic ring is 1. The van der Waals surface area contributed by atoms with Crippen LogP contribution in [0.3, 0.4) is 0 Å². The zero-order valence-corrected chi connectivity index (χ0v) is 12.0. The molecule has 1 aromatic carbocycles. The lowest BCUT2D eigenvalue weighted by molar-refractivity contribution is -0.139. The number of aliphatic carboxylic acids is 1. The second-order valence-corrected chi connectivity index (χ2v) is 6.78. The van der Waals surface area contributed by atoms with Crippen LogP contribution in [0.2, 0.25) is 0 Å². The predicted octanol–water partition coefficient (Wildman–Crippen LogP) is 0.0256. The summed E-state index contributed by atoms with van der Waals surface area (Å²) in [5, 5.41) is 11.0. The van der Waals surface area contributed by atoms with Gasteiger partial charge in [-0.2, -0.15) is 0 Å². The van der Waals surface area contributed by atoms with Crippen molar-refractivity contribution in [2.45, 2.75) is 12.5 Å². The van der Waals surface area contributed by atoms with Crippen LogP contribution < -0.4 is 11.1 Å². The molecule has 4 N–H and O–H groups in total. The van der Waals surface area contributed by atoms with E-state index in [9.17, 15) is 22.4 Å². The van der Waals surface area contributed by atoms with Gasteiger partial charge in [0.1, 0.15) is 21.7 Å². The molecule has 0 aliphatic carbocycles. The molecule has 21 heavy (non-hydrogen) atoms. The fourth-order valence-electron chi connectivity index (χ4n) is 1.54. The number of rotatable bonds is 6. The molecule has 116 valence electrons. The van der Waals surface area contributed by atoms with Crippen LogP contribution in [-0.4, -0.2) is 43.5 Å². The van der Waals surface area contributed by atoms with E-state index in [0.29, 0.717) is 0 Å². The van der Waals surface area contributed by atoms with Gasteiger partial charge in [0.05, 0.1) is 11.3 Å². The minimum absolute atomic E-state index is 0.121. The van der Waals surface area contributed by atoms with Crippen LogP contribution in [-0.2, 0) is 14.6 Å². The van der Waals surface area contributed by atoms with Crippen LogP contribution in [0.1, 0.15) is 16.8 Å². The lowest BCUT2D eigenvalue weighted by Gasteiger charge is -2.14. The summed E-state index contributed by atoms with van der Waals surface area (Å²) < 4.78 is 35.6. The monoisotopic (exact) mass is 318 g/mol. The van der Waals surface area contributed by atoms with Crippen molar-refractivity contribution in [1.82, 2.24) is 5.32 Å². The molecule has 1 aromatic rings. The first-order chi connectivity index (χ1) is 9.60. The zero-order valence-electron chi connectivity index (χ0n) is 11.2. The minimum atomic E-state index is -3.37. The SMILES string of the molecule is CS(=O)(=O)CCC(NC(=O)c1ccc(N)cc1F)C(=O)O. The molecule has 0 saturated heterocycles. The van der Waals surface area contributed by atoms with Crippen LogP contribution in [0, 0.1) is 5.82 Å². The van der Waals surface area contributed by atoms with Gasteiger partial charge in [0.2, 0.25) is 0 Å². The van der Waals surface area contributed by atoms with Gasteiger partial charge in [0.25, 0.3) is 5.91 Å². The lowest BCUT2D eigenvalue weighted by Crippen LogP contribution is -2.42. The Hall–Kier alpha value is -2.16. The van der Waals surface area contributed by atoms with Crippen molar-refractivity contribution in [2.24, 2.45) is 0 Å². The van der Waals surface area contributed by atoms with Gasteiger partial charge < -0.3 is 16.2 Å². The normalized spacial score (nSPS) is 12.7. The number of carbonyl (C=O) groups is 2. The highest BCUT2D eigenvalue weighted by atomic mass is 32.2. The summed E-state index contributed by atoms with van der Waals surface area (Å²) in [4.78, 5) is 22.8. The number of halogens is 1. The van der Waals surface area contributed by atoms with Crippen molar-refractivity contribution in [3.05, 3.63) is 29.6 Å². The Morgan fingerprint density at radius 1 is 1.43 bits per heavy atom. The predicted molar refractivity (Wildman–Crippen MR) is 74.0 cm³/mol. The fraction of sp³-hybridized carbons (Fsp3) is 0.333. The van der Waals surface area contributed by atoms with Crippen LogP contribution in [0.5, 0.6) is 0 Å². The van der Waals surface area contributed by atoms with Crippen LogP contribution in [0.25, 0.3) is 0 Å². The first-order valence-corrected chi connectivity index (χ1v) is 7.92. The molecule has 1 rings (SSSR count). The van der Waals surface area contributed by atoms with Crippen molar-refractivity contribution in [3.8, 4) is 0 Å². The molecule has 0 saturated carbocycles. The number of sulfone groups is 1. The Kier molecular flexibility index (Phi) is 5.25. The van der Waals surface area contributed by atoms with Crippen molar-refractivity contribution < 1.29 is 27.5 Å². The van der Waals surface area contributed by atoms with E-state index < -0.39 is 39.3 Å². The van der Waals surface area contributed by atoms with E-state index in [4.69, 9.17) is 10.8 Å². The average molecular weight is 318 g/mol. The van der Waals surface area contributed by atoms with Crippen molar-refractivity contribution in [1.29, 1.82) is 0 Å². The highest BCUT2D eigenvalue weighted by Gasteiger charge is 2.23. The Bertz CT molecular complexity index is 660. The van der Waals surface area contributed by atoms with Crippen LogP contribution in [0.15, 0.2) is 18.2 Å². The van der Waals surface area contributed by atoms with E-state index in [1.165, 1.54) is 6.07 Å². The molecule has 1 atom stereocenters. The number of hydrogen-bond donors (Lipinski definition) is 3. The Morgan fingerprint density at radius 3 is 2.52 bits per heavy atom. The highest BCUT2D eigenvalue weighted by molar-refractivity contribution is 7.90. The van der Waals surface area contributed by atoms with E-state index >= 15 is 0 Å². The maximum atomic E-state index is 13.5. The largest absolute Gasteiger partial charge is 0.480 e. The third kappa shape index (κ3) is 5.38. The van der Waals surface area contributed by atoms with Gasteiger partial charge in [-0.15, -0.1) is 0 Å². The second-order valence-electron chi connectivity index (χ2n) is 4.52. The molecule has 0 heterocycles. The molecular weight excluding hydrogens is 303 g/mol. The van der Waals surface area contributed by atoms with E-state index in [-0.39, 0.29) is 17.7 Å². The van der Waals surface area contributed by atoms with Gasteiger partial charge in [0, 0.05) is 11.9 Å². The molecule has 0 aliphatic heterocycles. The number of carbonyl (C=O) groups excluding carboxylic acids is 1. The van der Waals surface area contributed by atoms with Gasteiger partial charge in [-0.1, -0.05) is 0 Å². The summed E-state index contributed by atoms with van der Waals surface area (Å²) >= 11 is 0. The molecule has 0 aromatic heterocycles. The number of amides is 1. The quantitative estimate of drug-likeness (QED) is 0.635. The second kappa shape index (κ2) is 6.53. The smallest absolute Gasteiger partial charge is 0.326 e. The summed E-state index contributed by atoms with van der Waals surface area (Å²) in [6, 6.07) is 1.92. The fourth-order valence-corrected chi connectivity index (χ4v) is 2.20. The van der Waals surface area contributed by atoms with Gasteiger partial charge in [-0.3, -0.25) is 4.79 Å². The molecule has 9 heteroatoms. The molecule has 1 unspecified atom stereocenters. The topological polar surface area (TPSA) is 127 Å². The molecule has 0 bridgehead atoms. The highest BCUT2D eigenvalue weighted by Crippen LogP contribution is 2.12. The van der Waals surface area contributed by atoms with Crippen molar-refractivity contribution in [2.75, 3.05) is 17.7 Å². The maximum Gasteiger partial charge on any atom is 0.326 e. The number of hydrogen-bond acceptors (Lipinski definition) is 5. The molecular formula is C12H15FN2O5S. The maximum absolute atomic E-state index is 13.5. The Labute approximate surface area is 120 Å². The molecule has 0 spiro atoms. The number of nitrogens with one attached hydrogen (secondary N) is 1. The summed E-state index contributed by atoms with van der Waals surface area (Å²) in [5.41, 5.74) is 5.10. The van der Waals surface area contributed by atoms with E-state index in [2.05, 4.69) is 5.32 Å². The average Bonchev–Trinajstić information content (AvgIpc) is 2.32. The molecule has 7 nitrogen and oxygen atoms in total. The third-order valence-electron chi connectivity index (χ3n) is 2.62. The van der Waals surface area contributed by atoms with Crippen molar-refractivity contribution in [3.63, 3.8) is 0 Å². The van der Waals surface area contributed by atoms with Crippen LogP contribution >= 0.6 is 0 Å². The molecule has 0 aliphatic rings. The first kappa shape index (κ1) is 16.9. The Balaban J connectivity index is 2.84. The minimum Gasteiger partial charge on any atom is -0.480 e. The number of nitrogens with two attached hydrogens (primary N) is 1. The van der Waals surface area contributed by atoms with E-state index in [1.807, 2.05) is 0 Å². The lowest BCUT2D eigenvalue weighted by atomic mass is 10.1.